The van der Waals surface area contributed by atoms with Crippen LogP contribution in [-0.2, 0) is 6.54 Å². The van der Waals surface area contributed by atoms with Crippen LogP contribution in [0.1, 0.15) is 29.3 Å². The number of carbonyl (C=O) groups excluding carboxylic acids is 1. The first-order valence-electron chi connectivity index (χ1n) is 8.81. The fourth-order valence-corrected chi connectivity index (χ4v) is 4.56. The zero-order valence-corrected chi connectivity index (χ0v) is 17.0. The van der Waals surface area contributed by atoms with E-state index in [1.807, 2.05) is 37.4 Å². The number of nitrogens with one attached hydrogen (secondary N) is 1. The van der Waals surface area contributed by atoms with Crippen LogP contribution in [0.25, 0.3) is 20.8 Å². The van der Waals surface area contributed by atoms with Gasteiger partial charge < -0.3 is 9.88 Å². The standard InChI is InChI=1S/C20H18N4O2S2/c1-12(2)24(11-17-22-14-7-4-3-6-13(14)18(25)23-17)20(26)16-10-21-19(28-16)15-8-5-9-27-15/h3-10,12H,11H2,1-2H3,(H,22,23,25). The molecule has 8 heteroatoms. The Morgan fingerprint density at radius 1 is 1.21 bits per heavy atom. The number of fused-ring (bicyclic) bond motifs is 1. The number of carbonyl (C=O) groups is 1. The van der Waals surface area contributed by atoms with Crippen molar-refractivity contribution in [2.45, 2.75) is 26.4 Å². The van der Waals surface area contributed by atoms with E-state index in [1.54, 1.807) is 40.6 Å². The molecule has 4 rings (SSSR count). The molecule has 0 unspecified atom stereocenters. The summed E-state index contributed by atoms with van der Waals surface area (Å²) in [4.78, 5) is 40.4. The average Bonchev–Trinajstić information content (AvgIpc) is 3.37. The molecule has 0 radical (unpaired) electrons. The summed E-state index contributed by atoms with van der Waals surface area (Å²) in [5.41, 5.74) is 0.421. The number of benzene rings is 1. The summed E-state index contributed by atoms with van der Waals surface area (Å²) in [6.07, 6.45) is 1.62. The number of amides is 1. The molecule has 0 aliphatic rings. The van der Waals surface area contributed by atoms with Crippen LogP contribution in [-0.4, -0.2) is 31.8 Å². The second kappa shape index (κ2) is 7.65. The van der Waals surface area contributed by atoms with Gasteiger partial charge in [0.1, 0.15) is 15.7 Å². The lowest BCUT2D eigenvalue weighted by Crippen LogP contribution is -2.37. The van der Waals surface area contributed by atoms with Crippen LogP contribution < -0.4 is 5.56 Å². The van der Waals surface area contributed by atoms with Crippen LogP contribution in [0.15, 0.2) is 52.8 Å². The molecule has 0 aliphatic carbocycles. The van der Waals surface area contributed by atoms with Crippen LogP contribution in [0.2, 0.25) is 0 Å². The number of aromatic amines is 1. The van der Waals surface area contributed by atoms with E-state index in [2.05, 4.69) is 15.0 Å². The first-order chi connectivity index (χ1) is 13.5. The van der Waals surface area contributed by atoms with Crippen molar-refractivity contribution in [2.75, 3.05) is 0 Å². The first-order valence-corrected chi connectivity index (χ1v) is 10.5. The van der Waals surface area contributed by atoms with Gasteiger partial charge in [-0.05, 0) is 37.4 Å². The lowest BCUT2D eigenvalue weighted by atomic mass is 10.2. The number of rotatable bonds is 5. The summed E-state index contributed by atoms with van der Waals surface area (Å²) in [5, 5.41) is 3.36. The minimum atomic E-state index is -0.200. The van der Waals surface area contributed by atoms with Gasteiger partial charge in [0.15, 0.2) is 0 Å². The average molecular weight is 411 g/mol. The van der Waals surface area contributed by atoms with E-state index in [-0.39, 0.29) is 24.1 Å². The molecular formula is C20H18N4O2S2. The van der Waals surface area contributed by atoms with Gasteiger partial charge in [0.05, 0.1) is 28.5 Å². The largest absolute Gasteiger partial charge is 0.328 e. The molecule has 1 amide bonds. The van der Waals surface area contributed by atoms with Crippen molar-refractivity contribution >= 4 is 39.5 Å². The summed E-state index contributed by atoms with van der Waals surface area (Å²) in [6.45, 7) is 4.11. The molecule has 4 aromatic rings. The SMILES string of the molecule is CC(C)N(Cc1nc2ccccc2c(=O)[nH]1)C(=O)c1cnc(-c2cccs2)s1. The van der Waals surface area contributed by atoms with Crippen molar-refractivity contribution in [3.63, 3.8) is 0 Å². The molecule has 3 aromatic heterocycles. The fraction of sp³-hybridized carbons (Fsp3) is 0.200. The molecule has 0 saturated heterocycles. The van der Waals surface area contributed by atoms with Gasteiger partial charge in [-0.1, -0.05) is 18.2 Å². The van der Waals surface area contributed by atoms with E-state index < -0.39 is 0 Å². The Morgan fingerprint density at radius 2 is 2.04 bits per heavy atom. The number of hydrogen-bond donors (Lipinski definition) is 1. The van der Waals surface area contributed by atoms with Crippen molar-refractivity contribution in [1.29, 1.82) is 0 Å². The highest BCUT2D eigenvalue weighted by Crippen LogP contribution is 2.29. The number of H-pyrrole nitrogens is 1. The van der Waals surface area contributed by atoms with Crippen LogP contribution in [0.4, 0.5) is 0 Å². The number of para-hydroxylation sites is 1. The first kappa shape index (κ1) is 18.5. The number of thiazole rings is 1. The predicted octanol–water partition coefficient (Wildman–Crippen LogP) is 4.16. The lowest BCUT2D eigenvalue weighted by Gasteiger charge is -2.25. The van der Waals surface area contributed by atoms with E-state index in [0.717, 1.165) is 9.88 Å². The Hall–Kier alpha value is -2.84. The smallest absolute Gasteiger partial charge is 0.266 e. The summed E-state index contributed by atoms with van der Waals surface area (Å²) in [7, 11) is 0. The van der Waals surface area contributed by atoms with E-state index in [4.69, 9.17) is 0 Å². The Bertz CT molecular complexity index is 1180. The van der Waals surface area contributed by atoms with Gasteiger partial charge in [-0.15, -0.1) is 22.7 Å². The third-order valence-electron chi connectivity index (χ3n) is 4.31. The third kappa shape index (κ3) is 3.61. The van der Waals surface area contributed by atoms with E-state index in [9.17, 15) is 9.59 Å². The van der Waals surface area contributed by atoms with Crippen molar-refractivity contribution in [1.82, 2.24) is 19.9 Å². The Balaban J connectivity index is 1.63. The van der Waals surface area contributed by atoms with E-state index in [1.165, 1.54) is 11.3 Å². The second-order valence-electron chi connectivity index (χ2n) is 6.56. The fourth-order valence-electron chi connectivity index (χ4n) is 2.89. The highest BCUT2D eigenvalue weighted by Gasteiger charge is 2.23. The predicted molar refractivity (Wildman–Crippen MR) is 113 cm³/mol. The van der Waals surface area contributed by atoms with Gasteiger partial charge >= 0.3 is 0 Å². The molecule has 3 heterocycles. The molecule has 0 atom stereocenters. The van der Waals surface area contributed by atoms with Crippen LogP contribution in [0.3, 0.4) is 0 Å². The Labute approximate surface area is 169 Å². The van der Waals surface area contributed by atoms with Crippen LogP contribution in [0.5, 0.6) is 0 Å². The number of nitrogens with zero attached hydrogens (tertiary/aromatic N) is 3. The summed E-state index contributed by atoms with van der Waals surface area (Å²) in [5.74, 6) is 0.347. The van der Waals surface area contributed by atoms with Gasteiger partial charge in [0.25, 0.3) is 11.5 Å². The van der Waals surface area contributed by atoms with Gasteiger partial charge in [-0.3, -0.25) is 9.59 Å². The molecule has 28 heavy (non-hydrogen) atoms. The van der Waals surface area contributed by atoms with Gasteiger partial charge in [0.2, 0.25) is 0 Å². The maximum absolute atomic E-state index is 13.1. The molecule has 0 fully saturated rings. The Morgan fingerprint density at radius 3 is 2.79 bits per heavy atom. The molecule has 0 bridgehead atoms. The van der Waals surface area contributed by atoms with Crippen molar-refractivity contribution in [2.24, 2.45) is 0 Å². The zero-order valence-electron chi connectivity index (χ0n) is 15.4. The number of hydrogen-bond acceptors (Lipinski definition) is 6. The van der Waals surface area contributed by atoms with Gasteiger partial charge in [-0.2, -0.15) is 0 Å². The molecule has 6 nitrogen and oxygen atoms in total. The molecular weight excluding hydrogens is 392 g/mol. The summed E-state index contributed by atoms with van der Waals surface area (Å²) in [6, 6.07) is 11.1. The zero-order chi connectivity index (χ0) is 19.7. The second-order valence-corrected chi connectivity index (χ2v) is 8.54. The molecule has 1 N–H and O–H groups in total. The molecule has 0 saturated carbocycles. The van der Waals surface area contributed by atoms with E-state index >= 15 is 0 Å². The van der Waals surface area contributed by atoms with Gasteiger partial charge in [0, 0.05) is 6.04 Å². The highest BCUT2D eigenvalue weighted by molar-refractivity contribution is 7.21. The van der Waals surface area contributed by atoms with Crippen molar-refractivity contribution in [3.8, 4) is 9.88 Å². The van der Waals surface area contributed by atoms with Gasteiger partial charge in [-0.25, -0.2) is 9.97 Å². The van der Waals surface area contributed by atoms with Crippen molar-refractivity contribution in [3.05, 3.63) is 69.0 Å². The van der Waals surface area contributed by atoms with Crippen LogP contribution >= 0.6 is 22.7 Å². The molecule has 1 aromatic carbocycles. The maximum Gasteiger partial charge on any atom is 0.266 e. The minimum Gasteiger partial charge on any atom is -0.328 e. The van der Waals surface area contributed by atoms with E-state index in [0.29, 0.717) is 21.6 Å². The number of aromatic nitrogens is 3. The Kier molecular flexibility index (Phi) is 5.06. The summed E-state index contributed by atoms with van der Waals surface area (Å²) < 4.78 is 0. The lowest BCUT2D eigenvalue weighted by molar-refractivity contribution is 0.0690. The third-order valence-corrected chi connectivity index (χ3v) is 6.34. The summed E-state index contributed by atoms with van der Waals surface area (Å²) >= 11 is 2.97. The normalized spacial score (nSPS) is 11.2. The molecule has 142 valence electrons. The highest BCUT2D eigenvalue weighted by atomic mass is 32.1. The maximum atomic E-state index is 13.1. The minimum absolute atomic E-state index is 0.0587. The van der Waals surface area contributed by atoms with Crippen molar-refractivity contribution < 1.29 is 4.79 Å². The van der Waals surface area contributed by atoms with Crippen LogP contribution in [0, 0.1) is 0 Å². The quantitative estimate of drug-likeness (QED) is 0.536. The molecule has 0 aliphatic heterocycles. The monoisotopic (exact) mass is 410 g/mol. The topological polar surface area (TPSA) is 79.0 Å². The molecule has 0 spiro atoms. The number of thiophene rings is 1.